The zero-order chi connectivity index (χ0) is 19.6. The van der Waals surface area contributed by atoms with Crippen molar-refractivity contribution in [3.8, 4) is 0 Å². The summed E-state index contributed by atoms with van der Waals surface area (Å²) in [7, 11) is 0. The number of nitrogens with two attached hydrogens (primary N) is 2. The number of primary amides is 1. The lowest BCUT2D eigenvalue weighted by Gasteiger charge is -2.21. The Bertz CT molecular complexity index is 524. The number of carbonyl (C=O) groups excluding carboxylic acids is 3. The zero-order valence-corrected chi connectivity index (χ0v) is 13.3. The summed E-state index contributed by atoms with van der Waals surface area (Å²) in [5.74, 6) is -5.20. The minimum absolute atomic E-state index is 0.183. The molecule has 0 saturated carbocycles. The molecule has 3 amide bonds. The molecule has 9 N–H and O–H groups in total. The molecule has 0 radical (unpaired) electrons. The van der Waals surface area contributed by atoms with Crippen LogP contribution < -0.4 is 22.1 Å². The van der Waals surface area contributed by atoms with Crippen LogP contribution in [-0.2, 0) is 24.0 Å². The molecular weight excluding hydrogens is 340 g/mol. The molecule has 0 bridgehead atoms. The van der Waals surface area contributed by atoms with Crippen LogP contribution in [0, 0.1) is 0 Å². The summed E-state index contributed by atoms with van der Waals surface area (Å²) in [6.07, 6.45) is -1.09. The van der Waals surface area contributed by atoms with Gasteiger partial charge in [0.05, 0.1) is 12.6 Å². The minimum Gasteiger partial charge on any atom is -0.481 e. The lowest BCUT2D eigenvalue weighted by molar-refractivity contribution is -0.142. The largest absolute Gasteiger partial charge is 0.481 e. The van der Waals surface area contributed by atoms with Crippen LogP contribution in [0.2, 0.25) is 0 Å². The van der Waals surface area contributed by atoms with Crippen molar-refractivity contribution in [3.05, 3.63) is 0 Å². The highest BCUT2D eigenvalue weighted by Gasteiger charge is 2.27. The molecule has 0 aromatic carbocycles. The first-order chi connectivity index (χ1) is 11.6. The van der Waals surface area contributed by atoms with Gasteiger partial charge in [-0.2, -0.15) is 0 Å². The van der Waals surface area contributed by atoms with Crippen molar-refractivity contribution in [2.75, 3.05) is 6.61 Å². The van der Waals surface area contributed by atoms with Gasteiger partial charge in [-0.3, -0.25) is 19.2 Å². The zero-order valence-electron chi connectivity index (χ0n) is 13.3. The highest BCUT2D eigenvalue weighted by atomic mass is 16.4. The van der Waals surface area contributed by atoms with Crippen molar-refractivity contribution in [2.24, 2.45) is 11.5 Å². The quantitative estimate of drug-likeness (QED) is 0.182. The van der Waals surface area contributed by atoms with Gasteiger partial charge < -0.3 is 37.4 Å². The van der Waals surface area contributed by atoms with Gasteiger partial charge in [-0.15, -0.1) is 0 Å². The van der Waals surface area contributed by atoms with E-state index in [1.807, 2.05) is 0 Å². The summed E-state index contributed by atoms with van der Waals surface area (Å²) in [4.78, 5) is 55.9. The number of carboxylic acid groups (broad SMARTS) is 2. The summed E-state index contributed by atoms with van der Waals surface area (Å²) in [5.41, 5.74) is 10.4. The van der Waals surface area contributed by atoms with Crippen LogP contribution >= 0.6 is 0 Å². The fraction of sp³-hybridized carbons (Fsp3) is 0.615. The second-order valence-electron chi connectivity index (χ2n) is 5.19. The molecule has 0 spiro atoms. The molecule has 12 nitrogen and oxygen atoms in total. The molecule has 12 heteroatoms. The number of aliphatic hydroxyl groups excluding tert-OH is 1. The van der Waals surface area contributed by atoms with E-state index in [9.17, 15) is 29.1 Å². The Balaban J connectivity index is 4.71. The van der Waals surface area contributed by atoms with Crippen LogP contribution in [0.3, 0.4) is 0 Å². The molecule has 0 saturated heterocycles. The molecule has 0 aromatic rings. The van der Waals surface area contributed by atoms with Gasteiger partial charge in [0.2, 0.25) is 17.7 Å². The predicted octanol–water partition coefficient (Wildman–Crippen LogP) is -3.51. The Hall–Kier alpha value is -2.73. The van der Waals surface area contributed by atoms with E-state index in [0.29, 0.717) is 0 Å². The number of hydrogen-bond acceptors (Lipinski definition) is 7. The molecule has 3 atom stereocenters. The van der Waals surface area contributed by atoms with Crippen LogP contribution in [0.25, 0.3) is 0 Å². The number of rotatable bonds is 12. The van der Waals surface area contributed by atoms with Crippen LogP contribution in [0.15, 0.2) is 0 Å². The molecular formula is C13H22N4O8. The Labute approximate surface area is 142 Å². The van der Waals surface area contributed by atoms with E-state index in [1.165, 1.54) is 0 Å². The topological polar surface area (TPSA) is 222 Å². The molecule has 3 unspecified atom stereocenters. The number of hydrogen-bond donors (Lipinski definition) is 7. The van der Waals surface area contributed by atoms with Crippen molar-refractivity contribution in [1.82, 2.24) is 10.6 Å². The van der Waals surface area contributed by atoms with Crippen molar-refractivity contribution < 1.29 is 39.3 Å². The molecule has 0 heterocycles. The number of aliphatic carboxylic acids is 2. The molecule has 0 aliphatic carbocycles. The van der Waals surface area contributed by atoms with Gasteiger partial charge in [0, 0.05) is 12.8 Å². The number of amides is 3. The Morgan fingerprint density at radius 1 is 0.880 bits per heavy atom. The van der Waals surface area contributed by atoms with Crippen LogP contribution in [-0.4, -0.2) is 69.7 Å². The SMILES string of the molecule is NC(=O)CCC(NC(=O)C(CO)NC(=O)C(N)CCC(=O)O)C(=O)O. The van der Waals surface area contributed by atoms with E-state index in [0.717, 1.165) is 0 Å². The third-order valence-corrected chi connectivity index (χ3v) is 3.12. The first kappa shape index (κ1) is 22.3. The van der Waals surface area contributed by atoms with E-state index in [2.05, 4.69) is 10.6 Å². The number of nitrogens with one attached hydrogen (secondary N) is 2. The normalized spacial score (nSPS) is 14.0. The lowest BCUT2D eigenvalue weighted by atomic mass is 10.1. The molecule has 142 valence electrons. The Kier molecular flexibility index (Phi) is 9.74. The third-order valence-electron chi connectivity index (χ3n) is 3.12. The van der Waals surface area contributed by atoms with E-state index >= 15 is 0 Å². The highest BCUT2D eigenvalue weighted by molar-refractivity contribution is 5.92. The maximum Gasteiger partial charge on any atom is 0.326 e. The standard InChI is InChI=1S/C13H22N4O8/c14-6(1-4-10(20)21)11(22)17-8(5-18)12(23)16-7(13(24)25)2-3-9(15)19/h6-8,18H,1-5,14H2,(H2,15,19)(H,16,23)(H,17,22)(H,20,21)(H,24,25). The van der Waals surface area contributed by atoms with Gasteiger partial charge in [-0.25, -0.2) is 4.79 Å². The summed E-state index contributed by atoms with van der Waals surface area (Å²) in [6.45, 7) is -0.842. The second-order valence-corrected chi connectivity index (χ2v) is 5.19. The van der Waals surface area contributed by atoms with Crippen molar-refractivity contribution >= 4 is 29.7 Å². The van der Waals surface area contributed by atoms with E-state index in [-0.39, 0.29) is 25.7 Å². The predicted molar refractivity (Wildman–Crippen MR) is 81.9 cm³/mol. The Morgan fingerprint density at radius 3 is 1.88 bits per heavy atom. The molecule has 0 aromatic heterocycles. The molecule has 0 aliphatic heterocycles. The molecule has 25 heavy (non-hydrogen) atoms. The summed E-state index contributed by atoms with van der Waals surface area (Å²) < 4.78 is 0. The molecule has 0 aliphatic rings. The maximum atomic E-state index is 12.0. The van der Waals surface area contributed by atoms with Crippen molar-refractivity contribution in [3.63, 3.8) is 0 Å². The van der Waals surface area contributed by atoms with Gasteiger partial charge in [0.15, 0.2) is 0 Å². The van der Waals surface area contributed by atoms with Crippen molar-refractivity contribution in [1.29, 1.82) is 0 Å². The smallest absolute Gasteiger partial charge is 0.326 e. The summed E-state index contributed by atoms with van der Waals surface area (Å²) in [6, 6.07) is -4.14. The van der Waals surface area contributed by atoms with E-state index < -0.39 is 54.4 Å². The van der Waals surface area contributed by atoms with E-state index in [4.69, 9.17) is 21.7 Å². The van der Waals surface area contributed by atoms with Gasteiger partial charge in [-0.05, 0) is 12.8 Å². The molecule has 0 fully saturated rings. The first-order valence-corrected chi connectivity index (χ1v) is 7.28. The van der Waals surface area contributed by atoms with Crippen LogP contribution in [0.1, 0.15) is 25.7 Å². The minimum atomic E-state index is -1.49. The fourth-order valence-corrected chi connectivity index (χ4v) is 1.70. The van der Waals surface area contributed by atoms with E-state index in [1.54, 1.807) is 0 Å². The maximum absolute atomic E-state index is 12.0. The van der Waals surface area contributed by atoms with Gasteiger partial charge in [0.25, 0.3) is 0 Å². The first-order valence-electron chi connectivity index (χ1n) is 7.28. The van der Waals surface area contributed by atoms with Gasteiger partial charge in [0.1, 0.15) is 12.1 Å². The number of carboxylic acids is 2. The highest BCUT2D eigenvalue weighted by Crippen LogP contribution is 2.00. The third kappa shape index (κ3) is 9.22. The average molecular weight is 362 g/mol. The number of carbonyl (C=O) groups is 5. The second kappa shape index (κ2) is 10.9. The number of aliphatic hydroxyl groups is 1. The van der Waals surface area contributed by atoms with Crippen molar-refractivity contribution in [2.45, 2.75) is 43.8 Å². The summed E-state index contributed by atoms with van der Waals surface area (Å²) in [5, 5.41) is 30.9. The lowest BCUT2D eigenvalue weighted by Crippen LogP contribution is -2.55. The average Bonchev–Trinajstić information content (AvgIpc) is 2.52. The van der Waals surface area contributed by atoms with Gasteiger partial charge in [-0.1, -0.05) is 0 Å². The van der Waals surface area contributed by atoms with Gasteiger partial charge >= 0.3 is 11.9 Å². The monoisotopic (exact) mass is 362 g/mol. The molecule has 0 rings (SSSR count). The fourth-order valence-electron chi connectivity index (χ4n) is 1.70. The van der Waals surface area contributed by atoms with Crippen LogP contribution in [0.4, 0.5) is 0 Å². The Morgan fingerprint density at radius 2 is 1.44 bits per heavy atom. The summed E-state index contributed by atoms with van der Waals surface area (Å²) >= 11 is 0. The van der Waals surface area contributed by atoms with Crippen LogP contribution in [0.5, 0.6) is 0 Å².